The second-order valence-corrected chi connectivity index (χ2v) is 6.73. The molecule has 0 unspecified atom stereocenters. The minimum Gasteiger partial charge on any atom is -0.461 e. The van der Waals surface area contributed by atoms with E-state index in [4.69, 9.17) is 4.74 Å². The van der Waals surface area contributed by atoms with Crippen molar-refractivity contribution in [2.24, 2.45) is 0 Å². The highest BCUT2D eigenvalue weighted by molar-refractivity contribution is 5.95. The van der Waals surface area contributed by atoms with Crippen LogP contribution in [0.15, 0.2) is 36.4 Å². The normalized spacial score (nSPS) is 10.8. The van der Waals surface area contributed by atoms with E-state index in [0.717, 1.165) is 23.1 Å². The molecular weight excluding hydrogens is 338 g/mol. The summed E-state index contributed by atoms with van der Waals surface area (Å²) in [5, 5.41) is 3.27. The van der Waals surface area contributed by atoms with E-state index in [0.29, 0.717) is 24.5 Å². The van der Waals surface area contributed by atoms with Crippen LogP contribution in [0.4, 0.5) is 5.82 Å². The van der Waals surface area contributed by atoms with Crippen LogP contribution < -0.4 is 5.32 Å². The van der Waals surface area contributed by atoms with Gasteiger partial charge in [-0.2, -0.15) is 0 Å². The standard InChI is InChI=1S/C22H25N3O2/c1-5-27-22(26)20-21(23-11-10-17-8-6-14(2)7-9-17)25-19-13-16(4)15(3)12-18(19)24-20/h6-9,12-13H,5,10-11H2,1-4H3,(H,23,25). The van der Waals surface area contributed by atoms with Crippen LogP contribution in [0.25, 0.3) is 11.0 Å². The van der Waals surface area contributed by atoms with Gasteiger partial charge in [0.1, 0.15) is 0 Å². The van der Waals surface area contributed by atoms with Crippen molar-refractivity contribution in [3.8, 4) is 0 Å². The number of anilines is 1. The first kappa shape index (κ1) is 18.8. The lowest BCUT2D eigenvalue weighted by atomic mass is 10.1. The number of aromatic nitrogens is 2. The highest BCUT2D eigenvalue weighted by Crippen LogP contribution is 2.21. The summed E-state index contributed by atoms with van der Waals surface area (Å²) in [5.41, 5.74) is 6.43. The Morgan fingerprint density at radius 1 is 1.00 bits per heavy atom. The average molecular weight is 363 g/mol. The second kappa shape index (κ2) is 8.16. The molecule has 0 bridgehead atoms. The summed E-state index contributed by atoms with van der Waals surface area (Å²) in [5.74, 6) is 0.0132. The van der Waals surface area contributed by atoms with Crippen molar-refractivity contribution >= 4 is 22.8 Å². The van der Waals surface area contributed by atoms with Crippen molar-refractivity contribution < 1.29 is 9.53 Å². The monoisotopic (exact) mass is 363 g/mol. The smallest absolute Gasteiger partial charge is 0.360 e. The molecular formula is C22H25N3O2. The zero-order chi connectivity index (χ0) is 19.4. The van der Waals surface area contributed by atoms with Gasteiger partial charge in [-0.15, -0.1) is 0 Å². The fourth-order valence-electron chi connectivity index (χ4n) is 2.86. The van der Waals surface area contributed by atoms with Gasteiger partial charge in [-0.1, -0.05) is 29.8 Å². The molecule has 0 aliphatic carbocycles. The Hall–Kier alpha value is -2.95. The zero-order valence-corrected chi connectivity index (χ0v) is 16.3. The van der Waals surface area contributed by atoms with Crippen LogP contribution in [0.1, 0.15) is 39.7 Å². The number of benzene rings is 2. The number of nitrogens with zero attached hydrogens (tertiary/aromatic N) is 2. The van der Waals surface area contributed by atoms with E-state index in [1.54, 1.807) is 6.92 Å². The Morgan fingerprint density at radius 3 is 2.26 bits per heavy atom. The number of ether oxygens (including phenoxy) is 1. The molecule has 0 atom stereocenters. The number of esters is 1. The summed E-state index contributed by atoms with van der Waals surface area (Å²) < 4.78 is 5.17. The van der Waals surface area contributed by atoms with Gasteiger partial charge in [0.05, 0.1) is 17.6 Å². The summed E-state index contributed by atoms with van der Waals surface area (Å²) in [6, 6.07) is 12.4. The molecule has 0 aliphatic rings. The van der Waals surface area contributed by atoms with Crippen molar-refractivity contribution in [3.63, 3.8) is 0 Å². The van der Waals surface area contributed by atoms with Crippen LogP contribution in [0.3, 0.4) is 0 Å². The topological polar surface area (TPSA) is 64.1 Å². The minimum absolute atomic E-state index is 0.233. The van der Waals surface area contributed by atoms with Crippen LogP contribution in [0.2, 0.25) is 0 Å². The molecule has 0 fully saturated rings. The third-order valence-electron chi connectivity index (χ3n) is 4.58. The number of hydrogen-bond donors (Lipinski definition) is 1. The van der Waals surface area contributed by atoms with Gasteiger partial charge in [0.2, 0.25) is 0 Å². The Morgan fingerprint density at radius 2 is 1.63 bits per heavy atom. The molecule has 0 saturated carbocycles. The second-order valence-electron chi connectivity index (χ2n) is 6.73. The van der Waals surface area contributed by atoms with Crippen molar-refractivity contribution in [1.82, 2.24) is 9.97 Å². The maximum atomic E-state index is 12.4. The third-order valence-corrected chi connectivity index (χ3v) is 4.58. The molecule has 5 heteroatoms. The number of carbonyl (C=O) groups is 1. The number of rotatable bonds is 6. The third kappa shape index (κ3) is 4.42. The molecule has 0 saturated heterocycles. The fourth-order valence-corrected chi connectivity index (χ4v) is 2.86. The molecule has 140 valence electrons. The molecule has 5 nitrogen and oxygen atoms in total. The molecule has 1 heterocycles. The van der Waals surface area contributed by atoms with Gasteiger partial charge in [0, 0.05) is 6.54 Å². The predicted molar refractivity (Wildman–Crippen MR) is 108 cm³/mol. The van der Waals surface area contributed by atoms with Gasteiger partial charge in [-0.3, -0.25) is 0 Å². The SMILES string of the molecule is CCOC(=O)c1nc2cc(C)c(C)cc2nc1NCCc1ccc(C)cc1. The zero-order valence-electron chi connectivity index (χ0n) is 16.3. The van der Waals surface area contributed by atoms with E-state index in [9.17, 15) is 4.79 Å². The Bertz CT molecular complexity index is 965. The molecule has 0 aliphatic heterocycles. The molecule has 0 amide bonds. The maximum Gasteiger partial charge on any atom is 0.360 e. The molecule has 27 heavy (non-hydrogen) atoms. The Labute approximate surface area is 159 Å². The average Bonchev–Trinajstić information content (AvgIpc) is 2.64. The number of fused-ring (bicyclic) bond motifs is 1. The number of aryl methyl sites for hydroxylation is 3. The van der Waals surface area contributed by atoms with Gasteiger partial charge < -0.3 is 10.1 Å². The quantitative estimate of drug-likeness (QED) is 0.658. The summed E-state index contributed by atoms with van der Waals surface area (Å²) in [6.45, 7) is 8.87. The summed E-state index contributed by atoms with van der Waals surface area (Å²) in [6.07, 6.45) is 0.829. The van der Waals surface area contributed by atoms with Crippen molar-refractivity contribution in [2.45, 2.75) is 34.1 Å². The Kier molecular flexibility index (Phi) is 5.69. The molecule has 0 spiro atoms. The molecule has 3 aromatic rings. The van der Waals surface area contributed by atoms with Crippen LogP contribution in [-0.2, 0) is 11.2 Å². The van der Waals surface area contributed by atoms with Crippen molar-refractivity contribution in [1.29, 1.82) is 0 Å². The molecule has 1 N–H and O–H groups in total. The van der Waals surface area contributed by atoms with Crippen molar-refractivity contribution in [2.75, 3.05) is 18.5 Å². The van der Waals surface area contributed by atoms with E-state index < -0.39 is 5.97 Å². The largest absolute Gasteiger partial charge is 0.461 e. The van der Waals surface area contributed by atoms with Gasteiger partial charge in [0.25, 0.3) is 0 Å². The lowest BCUT2D eigenvalue weighted by Gasteiger charge is -2.12. The maximum absolute atomic E-state index is 12.4. The molecule has 3 rings (SSSR count). The number of carbonyl (C=O) groups excluding carboxylic acids is 1. The van der Waals surface area contributed by atoms with Crippen molar-refractivity contribution in [3.05, 3.63) is 64.3 Å². The number of nitrogens with one attached hydrogen (secondary N) is 1. The fraction of sp³-hybridized carbons (Fsp3) is 0.318. The van der Waals surface area contributed by atoms with E-state index in [2.05, 4.69) is 46.5 Å². The first-order chi connectivity index (χ1) is 13.0. The molecule has 2 aromatic carbocycles. The Balaban J connectivity index is 1.88. The van der Waals surface area contributed by atoms with Crippen LogP contribution in [0.5, 0.6) is 0 Å². The lowest BCUT2D eigenvalue weighted by molar-refractivity contribution is 0.0521. The summed E-state index contributed by atoms with van der Waals surface area (Å²) in [4.78, 5) is 21.6. The van der Waals surface area contributed by atoms with E-state index in [1.807, 2.05) is 26.0 Å². The minimum atomic E-state index is -0.456. The summed E-state index contributed by atoms with van der Waals surface area (Å²) in [7, 11) is 0. The van der Waals surface area contributed by atoms with Crippen LogP contribution in [-0.4, -0.2) is 29.1 Å². The van der Waals surface area contributed by atoms with Gasteiger partial charge >= 0.3 is 5.97 Å². The first-order valence-electron chi connectivity index (χ1n) is 9.23. The molecule has 0 radical (unpaired) electrons. The van der Waals surface area contributed by atoms with E-state index in [-0.39, 0.29) is 5.69 Å². The van der Waals surface area contributed by atoms with Crippen LogP contribution >= 0.6 is 0 Å². The van der Waals surface area contributed by atoms with Gasteiger partial charge in [-0.05, 0) is 62.9 Å². The van der Waals surface area contributed by atoms with Crippen LogP contribution in [0, 0.1) is 20.8 Å². The van der Waals surface area contributed by atoms with E-state index in [1.165, 1.54) is 11.1 Å². The summed E-state index contributed by atoms with van der Waals surface area (Å²) >= 11 is 0. The lowest BCUT2D eigenvalue weighted by Crippen LogP contribution is -2.15. The number of hydrogen-bond acceptors (Lipinski definition) is 5. The van der Waals surface area contributed by atoms with E-state index >= 15 is 0 Å². The highest BCUT2D eigenvalue weighted by Gasteiger charge is 2.18. The van der Waals surface area contributed by atoms with Gasteiger partial charge in [-0.25, -0.2) is 14.8 Å². The predicted octanol–water partition coefficient (Wildman–Crippen LogP) is 4.39. The first-order valence-corrected chi connectivity index (χ1v) is 9.23. The highest BCUT2D eigenvalue weighted by atomic mass is 16.5. The van der Waals surface area contributed by atoms with Gasteiger partial charge in [0.15, 0.2) is 11.5 Å². The molecule has 1 aromatic heterocycles.